The van der Waals surface area contributed by atoms with Gasteiger partial charge in [0.15, 0.2) is 11.5 Å². The van der Waals surface area contributed by atoms with Crippen LogP contribution in [0.2, 0.25) is 0 Å². The molecule has 0 N–H and O–H groups in total. The molecule has 1 aromatic carbocycles. The van der Waals surface area contributed by atoms with E-state index >= 15 is 0 Å². The molecule has 0 spiro atoms. The molecule has 0 aromatic heterocycles. The lowest BCUT2D eigenvalue weighted by molar-refractivity contribution is 0.131. The Morgan fingerprint density at radius 3 is 2.30 bits per heavy atom. The van der Waals surface area contributed by atoms with E-state index in [9.17, 15) is 4.39 Å². The third-order valence-corrected chi connectivity index (χ3v) is 2.44. The Bertz CT molecular complexity index is 459. The van der Waals surface area contributed by atoms with Crippen LogP contribution in [0.1, 0.15) is 5.56 Å². The SMILES string of the molecule is COCCOc1cc(F)cc(CC#N)c1OCCOC. The summed E-state index contributed by atoms with van der Waals surface area (Å²) in [4.78, 5) is 0. The van der Waals surface area contributed by atoms with Crippen molar-refractivity contribution in [2.24, 2.45) is 0 Å². The summed E-state index contributed by atoms with van der Waals surface area (Å²) in [6, 6.07) is 4.49. The molecular formula is C14H18FNO4. The Kier molecular flexibility index (Phi) is 7.40. The summed E-state index contributed by atoms with van der Waals surface area (Å²) in [5, 5.41) is 8.80. The van der Waals surface area contributed by atoms with Gasteiger partial charge in [0.2, 0.25) is 0 Å². The zero-order valence-electron chi connectivity index (χ0n) is 11.6. The molecule has 0 atom stereocenters. The molecule has 1 rings (SSSR count). The largest absolute Gasteiger partial charge is 0.487 e. The van der Waals surface area contributed by atoms with E-state index in [1.807, 2.05) is 6.07 Å². The lowest BCUT2D eigenvalue weighted by atomic mass is 10.1. The lowest BCUT2D eigenvalue weighted by Crippen LogP contribution is -2.10. The average molecular weight is 283 g/mol. The maximum absolute atomic E-state index is 13.5. The van der Waals surface area contributed by atoms with E-state index in [0.717, 1.165) is 0 Å². The van der Waals surface area contributed by atoms with E-state index in [1.54, 1.807) is 14.2 Å². The minimum Gasteiger partial charge on any atom is -0.487 e. The van der Waals surface area contributed by atoms with Crippen LogP contribution >= 0.6 is 0 Å². The maximum atomic E-state index is 13.5. The summed E-state index contributed by atoms with van der Waals surface area (Å²) < 4.78 is 34.3. The Morgan fingerprint density at radius 2 is 1.70 bits per heavy atom. The van der Waals surface area contributed by atoms with Gasteiger partial charge < -0.3 is 18.9 Å². The number of nitrogens with zero attached hydrogens (tertiary/aromatic N) is 1. The molecule has 110 valence electrons. The van der Waals surface area contributed by atoms with E-state index < -0.39 is 5.82 Å². The van der Waals surface area contributed by atoms with Crippen molar-refractivity contribution in [1.29, 1.82) is 5.26 Å². The van der Waals surface area contributed by atoms with Crippen LogP contribution in [0.4, 0.5) is 4.39 Å². The predicted octanol–water partition coefficient (Wildman–Crippen LogP) is 1.94. The van der Waals surface area contributed by atoms with Gasteiger partial charge in [-0.1, -0.05) is 0 Å². The van der Waals surface area contributed by atoms with E-state index in [1.165, 1.54) is 12.1 Å². The fraction of sp³-hybridized carbons (Fsp3) is 0.500. The first-order valence-electron chi connectivity index (χ1n) is 6.15. The minimum atomic E-state index is -0.471. The number of nitriles is 1. The van der Waals surface area contributed by atoms with E-state index in [4.69, 9.17) is 24.2 Å². The number of rotatable bonds is 9. The van der Waals surface area contributed by atoms with Crippen LogP contribution in [-0.2, 0) is 15.9 Å². The summed E-state index contributed by atoms with van der Waals surface area (Å²) in [6.45, 7) is 1.33. The van der Waals surface area contributed by atoms with Crippen molar-refractivity contribution >= 4 is 0 Å². The molecule has 0 radical (unpaired) electrons. The molecule has 0 fully saturated rings. The van der Waals surface area contributed by atoms with Gasteiger partial charge in [-0.3, -0.25) is 0 Å². The van der Waals surface area contributed by atoms with Gasteiger partial charge in [0.1, 0.15) is 19.0 Å². The number of benzene rings is 1. The molecule has 0 aliphatic carbocycles. The van der Waals surface area contributed by atoms with Gasteiger partial charge in [0, 0.05) is 25.8 Å². The summed E-state index contributed by atoms with van der Waals surface area (Å²) in [7, 11) is 3.10. The number of hydrogen-bond donors (Lipinski definition) is 0. The van der Waals surface area contributed by atoms with Crippen LogP contribution in [0, 0.1) is 17.1 Å². The molecule has 0 aliphatic rings. The van der Waals surface area contributed by atoms with Gasteiger partial charge in [0.05, 0.1) is 25.7 Å². The second kappa shape index (κ2) is 9.13. The van der Waals surface area contributed by atoms with E-state index in [2.05, 4.69) is 0 Å². The second-order valence-electron chi connectivity index (χ2n) is 3.91. The highest BCUT2D eigenvalue weighted by Crippen LogP contribution is 2.33. The van der Waals surface area contributed by atoms with Crippen LogP contribution in [0.3, 0.4) is 0 Å². The first-order chi connectivity index (χ1) is 9.72. The zero-order valence-corrected chi connectivity index (χ0v) is 11.6. The number of methoxy groups -OCH3 is 2. The van der Waals surface area contributed by atoms with Crippen molar-refractivity contribution in [1.82, 2.24) is 0 Å². The molecule has 0 saturated carbocycles. The van der Waals surface area contributed by atoms with Crippen LogP contribution in [0.15, 0.2) is 12.1 Å². The zero-order chi connectivity index (χ0) is 14.8. The monoisotopic (exact) mass is 283 g/mol. The summed E-state index contributed by atoms with van der Waals surface area (Å²) >= 11 is 0. The Morgan fingerprint density at radius 1 is 1.05 bits per heavy atom. The molecule has 5 nitrogen and oxygen atoms in total. The Labute approximate surface area is 117 Å². The van der Waals surface area contributed by atoms with Gasteiger partial charge in [-0.2, -0.15) is 5.26 Å². The van der Waals surface area contributed by atoms with Crippen molar-refractivity contribution in [3.8, 4) is 17.6 Å². The summed E-state index contributed by atoms with van der Waals surface area (Å²) in [6.07, 6.45) is 0.0424. The van der Waals surface area contributed by atoms with Crippen molar-refractivity contribution in [3.05, 3.63) is 23.5 Å². The molecule has 0 amide bonds. The van der Waals surface area contributed by atoms with Gasteiger partial charge in [-0.15, -0.1) is 0 Å². The molecule has 20 heavy (non-hydrogen) atoms. The third-order valence-electron chi connectivity index (χ3n) is 2.44. The van der Waals surface area contributed by atoms with Crippen molar-refractivity contribution in [3.63, 3.8) is 0 Å². The summed E-state index contributed by atoms with van der Waals surface area (Å²) in [5.41, 5.74) is 0.455. The number of hydrogen-bond acceptors (Lipinski definition) is 5. The van der Waals surface area contributed by atoms with Gasteiger partial charge in [-0.05, 0) is 6.07 Å². The van der Waals surface area contributed by atoms with Gasteiger partial charge in [-0.25, -0.2) is 4.39 Å². The summed E-state index contributed by atoms with van der Waals surface area (Å²) in [5.74, 6) is 0.172. The first-order valence-corrected chi connectivity index (χ1v) is 6.15. The van der Waals surface area contributed by atoms with E-state index in [0.29, 0.717) is 31.1 Å². The molecule has 0 heterocycles. The Hall–Kier alpha value is -1.84. The molecule has 6 heteroatoms. The Balaban J connectivity index is 2.94. The molecule has 0 aliphatic heterocycles. The lowest BCUT2D eigenvalue weighted by Gasteiger charge is -2.15. The molecule has 0 unspecified atom stereocenters. The number of halogens is 1. The van der Waals surface area contributed by atoms with Gasteiger partial charge in [0.25, 0.3) is 0 Å². The quantitative estimate of drug-likeness (QED) is 0.648. The van der Waals surface area contributed by atoms with Gasteiger partial charge >= 0.3 is 0 Å². The van der Waals surface area contributed by atoms with Crippen molar-refractivity contribution in [2.75, 3.05) is 40.6 Å². The highest BCUT2D eigenvalue weighted by molar-refractivity contribution is 5.48. The van der Waals surface area contributed by atoms with Crippen molar-refractivity contribution < 1.29 is 23.3 Å². The van der Waals surface area contributed by atoms with Crippen molar-refractivity contribution in [2.45, 2.75) is 6.42 Å². The minimum absolute atomic E-state index is 0.0424. The van der Waals surface area contributed by atoms with Crippen LogP contribution in [0.25, 0.3) is 0 Å². The topological polar surface area (TPSA) is 60.7 Å². The third kappa shape index (κ3) is 5.03. The molecule has 0 saturated heterocycles. The fourth-order valence-corrected chi connectivity index (χ4v) is 1.57. The average Bonchev–Trinajstić information content (AvgIpc) is 2.42. The number of ether oxygens (including phenoxy) is 4. The molecule has 1 aromatic rings. The maximum Gasteiger partial charge on any atom is 0.165 e. The fourth-order valence-electron chi connectivity index (χ4n) is 1.57. The van der Waals surface area contributed by atoms with Crippen LogP contribution in [-0.4, -0.2) is 40.6 Å². The predicted molar refractivity (Wildman–Crippen MR) is 70.5 cm³/mol. The highest BCUT2D eigenvalue weighted by Gasteiger charge is 2.14. The second-order valence-corrected chi connectivity index (χ2v) is 3.91. The smallest absolute Gasteiger partial charge is 0.165 e. The molecule has 0 bridgehead atoms. The normalized spacial score (nSPS) is 10.1. The van der Waals surface area contributed by atoms with Crippen LogP contribution in [0.5, 0.6) is 11.5 Å². The van der Waals surface area contributed by atoms with Crippen LogP contribution < -0.4 is 9.47 Å². The first kappa shape index (κ1) is 16.2. The highest BCUT2D eigenvalue weighted by atomic mass is 19.1. The standard InChI is InChI=1S/C14H18FNO4/c1-17-5-7-19-13-10-12(15)9-11(3-4-16)14(13)20-8-6-18-2/h9-10H,3,5-8H2,1-2H3. The molecular weight excluding hydrogens is 265 g/mol. The van der Waals surface area contributed by atoms with E-state index in [-0.39, 0.29) is 18.8 Å².